The fourth-order valence-corrected chi connectivity index (χ4v) is 6.51. The zero-order chi connectivity index (χ0) is 25.2. The molecule has 0 radical (unpaired) electrons. The molecule has 1 aliphatic heterocycles. The number of halogens is 1. The Hall–Kier alpha value is -4.11. The summed E-state index contributed by atoms with van der Waals surface area (Å²) in [7, 11) is 2.01. The first kappa shape index (κ1) is 22.4. The van der Waals surface area contributed by atoms with Crippen molar-refractivity contribution in [1.29, 1.82) is 5.26 Å². The largest absolute Gasteiger partial charge is 0.351 e. The number of benzene rings is 2. The number of rotatable bonds is 2. The van der Waals surface area contributed by atoms with Crippen molar-refractivity contribution in [2.45, 2.75) is 26.4 Å². The molecule has 178 valence electrons. The van der Waals surface area contributed by atoms with E-state index in [0.717, 1.165) is 27.7 Å². The highest BCUT2D eigenvalue weighted by Gasteiger charge is 2.55. The Labute approximate surface area is 209 Å². The molecule has 1 unspecified atom stereocenters. The van der Waals surface area contributed by atoms with E-state index in [2.05, 4.69) is 22.9 Å². The third kappa shape index (κ3) is 3.02. The molecule has 6 rings (SSSR count). The zero-order valence-corrected chi connectivity index (χ0v) is 20.4. The first-order chi connectivity index (χ1) is 17.3. The molecule has 2 aromatic carbocycles. The molecule has 3 aliphatic rings. The summed E-state index contributed by atoms with van der Waals surface area (Å²) in [5.74, 6) is -0.817. The number of ketones is 1. The predicted octanol–water partition coefficient (Wildman–Crippen LogP) is 5.76. The lowest BCUT2D eigenvalue weighted by molar-refractivity contribution is -0.121. The Balaban J connectivity index is 1.62. The summed E-state index contributed by atoms with van der Waals surface area (Å²) in [6.07, 6.45) is 3.77. The smallest absolute Gasteiger partial charge is 0.176 e. The van der Waals surface area contributed by atoms with Crippen LogP contribution in [0.5, 0.6) is 0 Å². The van der Waals surface area contributed by atoms with Crippen LogP contribution in [0, 0.1) is 34.4 Å². The number of hydrogen-bond donors (Lipinski definition) is 0. The number of nitrogens with zero attached hydrogens (tertiary/aromatic N) is 4. The van der Waals surface area contributed by atoms with Gasteiger partial charge in [0.25, 0.3) is 0 Å². The quantitative estimate of drug-likeness (QED) is 0.472. The minimum atomic E-state index is -0.560. The molecular formula is C30H25FN4O. The van der Waals surface area contributed by atoms with Crippen LogP contribution in [0.4, 0.5) is 4.39 Å². The third-order valence-corrected chi connectivity index (χ3v) is 8.18. The summed E-state index contributed by atoms with van der Waals surface area (Å²) in [6, 6.07) is 18.8. The van der Waals surface area contributed by atoms with Crippen molar-refractivity contribution in [1.82, 2.24) is 9.88 Å². The molecule has 4 atom stereocenters. The highest BCUT2D eigenvalue weighted by molar-refractivity contribution is 6.15. The average Bonchev–Trinajstić information content (AvgIpc) is 3.20. The van der Waals surface area contributed by atoms with Gasteiger partial charge in [0.05, 0.1) is 16.8 Å². The molecule has 5 nitrogen and oxygen atoms in total. The van der Waals surface area contributed by atoms with Gasteiger partial charge >= 0.3 is 0 Å². The number of nitriles is 1. The van der Waals surface area contributed by atoms with Gasteiger partial charge in [0.2, 0.25) is 0 Å². The summed E-state index contributed by atoms with van der Waals surface area (Å²) in [6.45, 7) is 4.00. The second-order valence-electron chi connectivity index (χ2n) is 10.1. The second-order valence-corrected chi connectivity index (χ2v) is 10.1. The van der Waals surface area contributed by atoms with Crippen molar-refractivity contribution in [3.63, 3.8) is 0 Å². The maximum absolute atomic E-state index is 15.2. The van der Waals surface area contributed by atoms with Gasteiger partial charge in [-0.25, -0.2) is 4.39 Å². The van der Waals surface area contributed by atoms with Crippen molar-refractivity contribution < 1.29 is 9.18 Å². The molecule has 2 aliphatic carbocycles. The highest BCUT2D eigenvalue weighted by atomic mass is 19.1. The van der Waals surface area contributed by atoms with Gasteiger partial charge in [0.15, 0.2) is 5.78 Å². The van der Waals surface area contributed by atoms with Gasteiger partial charge in [0, 0.05) is 46.8 Å². The maximum Gasteiger partial charge on any atom is 0.176 e. The summed E-state index contributed by atoms with van der Waals surface area (Å²) >= 11 is 0. The average molecular weight is 477 g/mol. The van der Waals surface area contributed by atoms with E-state index in [0.29, 0.717) is 17.7 Å². The molecule has 0 N–H and O–H groups in total. The topological polar surface area (TPSA) is 69.3 Å². The number of fused-ring (bicyclic) bond motifs is 3. The Morgan fingerprint density at radius 1 is 1.14 bits per heavy atom. The van der Waals surface area contributed by atoms with E-state index < -0.39 is 11.6 Å². The number of hydrogen-bond acceptors (Lipinski definition) is 5. The van der Waals surface area contributed by atoms with Crippen molar-refractivity contribution >= 4 is 22.4 Å². The SMILES string of the molecule is C[C@H]1C(=O)C(C#N)=C[C@@]2(C)C3=C(C[C@H]12)C(c1ccccc1F)=NC(c1cccc2ncccc12)N3C. The van der Waals surface area contributed by atoms with Crippen LogP contribution >= 0.6 is 0 Å². The van der Waals surface area contributed by atoms with Crippen LogP contribution in [-0.2, 0) is 4.79 Å². The van der Waals surface area contributed by atoms with E-state index in [-0.39, 0.29) is 29.0 Å². The lowest BCUT2D eigenvalue weighted by Gasteiger charge is -2.44. The zero-order valence-electron chi connectivity index (χ0n) is 20.4. The third-order valence-electron chi connectivity index (χ3n) is 8.18. The van der Waals surface area contributed by atoms with E-state index in [1.807, 2.05) is 56.4 Å². The van der Waals surface area contributed by atoms with Gasteiger partial charge in [0.1, 0.15) is 18.1 Å². The minimum Gasteiger partial charge on any atom is -0.351 e. The van der Waals surface area contributed by atoms with Crippen LogP contribution in [-0.4, -0.2) is 28.4 Å². The first-order valence-corrected chi connectivity index (χ1v) is 12.2. The Kier molecular flexibility index (Phi) is 4.94. The molecule has 0 fully saturated rings. The van der Waals surface area contributed by atoms with Crippen molar-refractivity contribution in [3.05, 3.63) is 101 Å². The van der Waals surface area contributed by atoms with Crippen molar-refractivity contribution in [2.24, 2.45) is 22.2 Å². The number of carbonyl (C=O) groups excluding carboxylic acids is 1. The monoisotopic (exact) mass is 476 g/mol. The number of pyridine rings is 1. The highest BCUT2D eigenvalue weighted by Crippen LogP contribution is 2.58. The van der Waals surface area contributed by atoms with Gasteiger partial charge in [-0.2, -0.15) is 5.26 Å². The second kappa shape index (κ2) is 7.96. The number of aromatic nitrogens is 1. The van der Waals surface area contributed by atoms with E-state index in [9.17, 15) is 10.1 Å². The molecule has 0 amide bonds. The molecule has 2 heterocycles. The Morgan fingerprint density at radius 3 is 2.72 bits per heavy atom. The van der Waals surface area contributed by atoms with Crippen LogP contribution in [0.1, 0.15) is 37.6 Å². The van der Waals surface area contributed by atoms with E-state index in [1.54, 1.807) is 18.3 Å². The predicted molar refractivity (Wildman–Crippen MR) is 136 cm³/mol. The fourth-order valence-electron chi connectivity index (χ4n) is 6.51. The molecule has 1 aromatic heterocycles. The first-order valence-electron chi connectivity index (χ1n) is 12.2. The van der Waals surface area contributed by atoms with Gasteiger partial charge in [-0.15, -0.1) is 0 Å². The summed E-state index contributed by atoms with van der Waals surface area (Å²) < 4.78 is 15.2. The van der Waals surface area contributed by atoms with Gasteiger partial charge < -0.3 is 4.90 Å². The van der Waals surface area contributed by atoms with Gasteiger partial charge in [-0.05, 0) is 42.2 Å². The Morgan fingerprint density at radius 2 is 1.94 bits per heavy atom. The number of Topliss-reactive ketones (excluding diaryl/α,β-unsaturated/α-hetero) is 1. The Bertz CT molecular complexity index is 1570. The molecule has 0 saturated heterocycles. The van der Waals surface area contributed by atoms with Crippen LogP contribution in [0.15, 0.2) is 88.7 Å². The van der Waals surface area contributed by atoms with Crippen LogP contribution in [0.25, 0.3) is 10.9 Å². The number of allylic oxidation sites excluding steroid dienone is 3. The number of aliphatic imine (C=N–C) groups is 1. The van der Waals surface area contributed by atoms with Crippen LogP contribution < -0.4 is 0 Å². The minimum absolute atomic E-state index is 0.0422. The molecular weight excluding hydrogens is 451 g/mol. The van der Waals surface area contributed by atoms with Crippen molar-refractivity contribution in [2.75, 3.05) is 7.05 Å². The van der Waals surface area contributed by atoms with Crippen LogP contribution in [0.3, 0.4) is 0 Å². The molecule has 0 bridgehead atoms. The standard InChI is InChI=1S/C30H25FN4O/c1-17-23-14-22-26(21-8-4-5-11-24(21)31)34-29(20-9-6-12-25-19(20)10-7-13-33-25)35(3)28(22)30(23,2)15-18(16-32)27(17)36/h4-13,15,17,23,29H,14H2,1-3H3/t17-,23-,29?,30-/m1/s1. The maximum atomic E-state index is 15.2. The molecule has 0 spiro atoms. The summed E-state index contributed by atoms with van der Waals surface area (Å²) in [4.78, 5) is 24.8. The van der Waals surface area contributed by atoms with Gasteiger partial charge in [-0.1, -0.05) is 50.3 Å². The normalized spacial score (nSPS) is 27.4. The van der Waals surface area contributed by atoms with E-state index in [4.69, 9.17) is 4.99 Å². The molecule has 0 saturated carbocycles. The van der Waals surface area contributed by atoms with E-state index in [1.165, 1.54) is 6.07 Å². The lowest BCUT2D eigenvalue weighted by Crippen LogP contribution is -2.42. The van der Waals surface area contributed by atoms with E-state index >= 15 is 4.39 Å². The summed E-state index contributed by atoms with van der Waals surface area (Å²) in [5, 5.41) is 10.7. The lowest BCUT2D eigenvalue weighted by atomic mass is 9.65. The molecule has 6 heteroatoms. The van der Waals surface area contributed by atoms with Gasteiger partial charge in [-0.3, -0.25) is 14.8 Å². The summed E-state index contributed by atoms with van der Waals surface area (Å²) in [5.41, 5.74) is 4.49. The molecule has 3 aromatic rings. The number of carbonyl (C=O) groups is 1. The van der Waals surface area contributed by atoms with Crippen LogP contribution in [0.2, 0.25) is 0 Å². The van der Waals surface area contributed by atoms with Crippen molar-refractivity contribution in [3.8, 4) is 6.07 Å². The molecule has 36 heavy (non-hydrogen) atoms. The fraction of sp³-hybridized carbons (Fsp3) is 0.267.